The Morgan fingerprint density at radius 3 is 2.89 bits per heavy atom. The first-order chi connectivity index (χ1) is 13.0. The highest BCUT2D eigenvalue weighted by Crippen LogP contribution is 2.51. The van der Waals surface area contributed by atoms with Gasteiger partial charge in [-0.1, -0.05) is 17.6 Å². The minimum absolute atomic E-state index is 0. The molecular formula is C20H26BN3O3. The first-order valence-electron chi connectivity index (χ1n) is 9.84. The van der Waals surface area contributed by atoms with E-state index in [2.05, 4.69) is 10.2 Å². The van der Waals surface area contributed by atoms with E-state index in [1.165, 1.54) is 0 Å². The van der Waals surface area contributed by atoms with Crippen molar-refractivity contribution in [3.8, 4) is 0 Å². The Labute approximate surface area is 162 Å². The lowest BCUT2D eigenvalue weighted by atomic mass is 9.82. The van der Waals surface area contributed by atoms with E-state index >= 15 is 0 Å². The quantitative estimate of drug-likeness (QED) is 0.749. The standard InChI is InChI=1S/C20H24BN3O3.H2/c21-13-1-2-16-17(7-13)20(4-5-20)12-24(19(16)26)9-18(25)22-14-3-6-23(8-14)15-10-27-11-15;/h1-2,7,14-15H,3-6,8-12H2,(H,22,25);1H/t14-;/m1./s1. The lowest BCUT2D eigenvalue weighted by molar-refractivity contribution is -0.122. The molecule has 1 N–H and O–H groups in total. The Morgan fingerprint density at radius 1 is 1.37 bits per heavy atom. The fourth-order valence-corrected chi connectivity index (χ4v) is 4.70. The van der Waals surface area contributed by atoms with Gasteiger partial charge in [-0.15, -0.1) is 0 Å². The monoisotopic (exact) mass is 367 g/mol. The fraction of sp³-hybridized carbons (Fsp3) is 0.600. The van der Waals surface area contributed by atoms with Crippen molar-refractivity contribution in [3.63, 3.8) is 0 Å². The Kier molecular flexibility index (Phi) is 4.06. The van der Waals surface area contributed by atoms with E-state index in [1.807, 2.05) is 12.1 Å². The number of carbonyl (C=O) groups excluding carboxylic acids is 2. The molecule has 2 radical (unpaired) electrons. The van der Waals surface area contributed by atoms with Crippen LogP contribution in [0.2, 0.25) is 0 Å². The molecule has 27 heavy (non-hydrogen) atoms. The van der Waals surface area contributed by atoms with Crippen LogP contribution in [0.3, 0.4) is 0 Å². The van der Waals surface area contributed by atoms with Crippen molar-refractivity contribution in [1.82, 2.24) is 15.1 Å². The average Bonchev–Trinajstić information content (AvgIpc) is 3.23. The molecule has 6 nitrogen and oxygen atoms in total. The second-order valence-corrected chi connectivity index (χ2v) is 8.49. The Hall–Kier alpha value is -1.86. The van der Waals surface area contributed by atoms with Gasteiger partial charge in [-0.2, -0.15) is 0 Å². The van der Waals surface area contributed by atoms with Gasteiger partial charge in [0.25, 0.3) is 5.91 Å². The SMILES string of the molecule is [B]c1ccc2c(c1)C1(CC1)CN(CC(=O)N[C@@H]1CCN(C3COC3)C1)C2=O.[HH]. The molecule has 0 bridgehead atoms. The van der Waals surface area contributed by atoms with Crippen molar-refractivity contribution >= 4 is 25.1 Å². The molecule has 4 aliphatic rings. The van der Waals surface area contributed by atoms with Crippen LogP contribution in [0.5, 0.6) is 0 Å². The number of carbonyl (C=O) groups is 2. The average molecular weight is 367 g/mol. The van der Waals surface area contributed by atoms with Gasteiger partial charge >= 0.3 is 0 Å². The lowest BCUT2D eigenvalue weighted by Crippen LogP contribution is -2.51. The predicted octanol–water partition coefficient (Wildman–Crippen LogP) is -0.197. The number of nitrogens with zero attached hydrogens (tertiary/aromatic N) is 2. The van der Waals surface area contributed by atoms with Crippen LogP contribution in [-0.2, 0) is 14.9 Å². The van der Waals surface area contributed by atoms with Crippen LogP contribution in [-0.4, -0.2) is 80.9 Å². The number of ether oxygens (including phenoxy) is 1. The summed E-state index contributed by atoms with van der Waals surface area (Å²) in [5.41, 5.74) is 2.48. The number of fused-ring (bicyclic) bond motifs is 2. The molecule has 5 rings (SSSR count). The number of nitrogens with one attached hydrogen (secondary N) is 1. The summed E-state index contributed by atoms with van der Waals surface area (Å²) in [5.74, 6) is -0.118. The normalized spacial score (nSPS) is 26.7. The molecule has 1 saturated carbocycles. The molecule has 3 fully saturated rings. The number of amides is 2. The molecule has 7 heteroatoms. The molecule has 1 spiro atoms. The van der Waals surface area contributed by atoms with Crippen molar-refractivity contribution in [1.29, 1.82) is 0 Å². The summed E-state index contributed by atoms with van der Waals surface area (Å²) in [4.78, 5) is 29.6. The van der Waals surface area contributed by atoms with Crippen LogP contribution in [0.25, 0.3) is 0 Å². The highest BCUT2D eigenvalue weighted by atomic mass is 16.5. The number of hydrogen-bond donors (Lipinski definition) is 1. The van der Waals surface area contributed by atoms with Gasteiger partial charge in [-0.05, 0) is 30.9 Å². The molecule has 0 aromatic heterocycles. The van der Waals surface area contributed by atoms with Crippen LogP contribution in [0.1, 0.15) is 36.6 Å². The maximum Gasteiger partial charge on any atom is 0.254 e. The minimum atomic E-state index is -0.0604. The third-order valence-electron chi connectivity index (χ3n) is 6.54. The summed E-state index contributed by atoms with van der Waals surface area (Å²) in [6, 6.07) is 6.20. The first-order valence-corrected chi connectivity index (χ1v) is 9.84. The van der Waals surface area contributed by atoms with Gasteiger partial charge < -0.3 is 15.0 Å². The van der Waals surface area contributed by atoms with Gasteiger partial charge in [0.15, 0.2) is 0 Å². The molecule has 3 aliphatic heterocycles. The zero-order valence-corrected chi connectivity index (χ0v) is 15.4. The zero-order valence-electron chi connectivity index (χ0n) is 15.4. The summed E-state index contributed by atoms with van der Waals surface area (Å²) in [7, 11) is 5.93. The summed E-state index contributed by atoms with van der Waals surface area (Å²) >= 11 is 0. The van der Waals surface area contributed by atoms with Crippen molar-refractivity contribution in [2.45, 2.75) is 36.8 Å². The van der Waals surface area contributed by atoms with E-state index in [4.69, 9.17) is 12.6 Å². The van der Waals surface area contributed by atoms with E-state index in [0.29, 0.717) is 23.6 Å². The molecule has 142 valence electrons. The third-order valence-corrected chi connectivity index (χ3v) is 6.54. The number of hydrogen-bond acceptors (Lipinski definition) is 4. The van der Waals surface area contributed by atoms with Gasteiger partial charge in [-0.3, -0.25) is 14.5 Å². The second-order valence-electron chi connectivity index (χ2n) is 8.49. The van der Waals surface area contributed by atoms with Crippen molar-refractivity contribution in [2.75, 3.05) is 39.4 Å². The van der Waals surface area contributed by atoms with Crippen LogP contribution >= 0.6 is 0 Å². The molecule has 1 atom stereocenters. The maximum absolute atomic E-state index is 12.9. The predicted molar refractivity (Wildman–Crippen MR) is 103 cm³/mol. The van der Waals surface area contributed by atoms with Gasteiger partial charge in [0.1, 0.15) is 7.85 Å². The Balaban J connectivity index is 0.00000192. The number of benzene rings is 1. The Morgan fingerprint density at radius 2 is 2.19 bits per heavy atom. The van der Waals surface area contributed by atoms with E-state index in [-0.39, 0.29) is 31.2 Å². The smallest absolute Gasteiger partial charge is 0.254 e. The highest BCUT2D eigenvalue weighted by molar-refractivity contribution is 6.32. The molecule has 0 unspecified atom stereocenters. The molecule has 3 heterocycles. The van der Waals surface area contributed by atoms with Gasteiger partial charge in [0.2, 0.25) is 5.91 Å². The molecule has 1 aromatic carbocycles. The topological polar surface area (TPSA) is 61.9 Å². The summed E-state index contributed by atoms with van der Waals surface area (Å²) < 4.78 is 5.26. The Bertz CT molecular complexity index is 797. The molecular weight excluding hydrogens is 341 g/mol. The van der Waals surface area contributed by atoms with Crippen molar-refractivity contribution < 1.29 is 15.8 Å². The van der Waals surface area contributed by atoms with E-state index < -0.39 is 0 Å². The molecule has 2 amide bonds. The number of likely N-dealkylation sites (tertiary alicyclic amines) is 1. The second kappa shape index (κ2) is 6.35. The van der Waals surface area contributed by atoms with Crippen LogP contribution in [0.4, 0.5) is 0 Å². The summed E-state index contributed by atoms with van der Waals surface area (Å²) in [6.07, 6.45) is 3.06. The van der Waals surface area contributed by atoms with E-state index in [9.17, 15) is 9.59 Å². The van der Waals surface area contributed by atoms with Crippen LogP contribution in [0, 0.1) is 0 Å². The lowest BCUT2D eigenvalue weighted by Gasteiger charge is -2.35. The molecule has 1 aliphatic carbocycles. The van der Waals surface area contributed by atoms with Gasteiger partial charge in [-0.25, -0.2) is 0 Å². The molecule has 2 saturated heterocycles. The zero-order chi connectivity index (χ0) is 18.6. The van der Waals surface area contributed by atoms with E-state index in [1.54, 1.807) is 11.0 Å². The van der Waals surface area contributed by atoms with Crippen LogP contribution < -0.4 is 10.8 Å². The fourth-order valence-electron chi connectivity index (χ4n) is 4.70. The third kappa shape index (κ3) is 3.07. The van der Waals surface area contributed by atoms with E-state index in [0.717, 1.165) is 51.1 Å². The number of rotatable bonds is 4. The van der Waals surface area contributed by atoms with Crippen LogP contribution in [0.15, 0.2) is 18.2 Å². The summed E-state index contributed by atoms with van der Waals surface area (Å²) in [6.45, 7) is 4.22. The summed E-state index contributed by atoms with van der Waals surface area (Å²) in [5, 5.41) is 3.13. The molecule has 1 aromatic rings. The first kappa shape index (κ1) is 17.3. The minimum Gasteiger partial charge on any atom is -0.378 e. The highest BCUT2D eigenvalue weighted by Gasteiger charge is 2.51. The largest absolute Gasteiger partial charge is 0.378 e. The van der Waals surface area contributed by atoms with Crippen molar-refractivity contribution in [2.24, 2.45) is 0 Å². The van der Waals surface area contributed by atoms with Gasteiger partial charge in [0, 0.05) is 38.1 Å². The van der Waals surface area contributed by atoms with Gasteiger partial charge in [0.05, 0.1) is 25.8 Å². The maximum atomic E-state index is 12.9. The van der Waals surface area contributed by atoms with Crippen molar-refractivity contribution in [3.05, 3.63) is 29.3 Å².